The lowest BCUT2D eigenvalue weighted by atomic mass is 10.1. The first-order chi connectivity index (χ1) is 9.39. The second-order valence-electron chi connectivity index (χ2n) is 5.63. The molecular weight excluding hydrogens is 252 g/mol. The third-order valence-electron chi connectivity index (χ3n) is 2.91. The zero-order valence-electron chi connectivity index (χ0n) is 13.4. The zero-order valence-corrected chi connectivity index (χ0v) is 13.4. The summed E-state index contributed by atoms with van der Waals surface area (Å²) in [6, 6.07) is 1.96. The molecule has 0 aromatic carbocycles. The molecule has 0 fully saturated rings. The van der Waals surface area contributed by atoms with Gasteiger partial charge in [0, 0.05) is 32.1 Å². The van der Waals surface area contributed by atoms with Crippen LogP contribution in [0.25, 0.3) is 0 Å². The first-order valence-corrected chi connectivity index (χ1v) is 7.48. The molecule has 1 aromatic heterocycles. The van der Waals surface area contributed by atoms with Crippen molar-refractivity contribution in [1.29, 1.82) is 0 Å². The minimum Gasteiger partial charge on any atom is -0.389 e. The standard InChI is InChI=1S/C15H28N4O/c1-6-9-16-13-10-14(18-12(7-2)17-13)19(8-3)11-15(4,5)20/h10,20H,6-9,11H2,1-5H3,(H,16,17,18). The highest BCUT2D eigenvalue weighted by Crippen LogP contribution is 2.18. The van der Waals surface area contributed by atoms with Crippen LogP contribution in [-0.4, -0.2) is 40.3 Å². The van der Waals surface area contributed by atoms with E-state index in [-0.39, 0.29) is 0 Å². The van der Waals surface area contributed by atoms with Crippen LogP contribution in [0.3, 0.4) is 0 Å². The monoisotopic (exact) mass is 280 g/mol. The summed E-state index contributed by atoms with van der Waals surface area (Å²) < 4.78 is 0. The molecule has 114 valence electrons. The Labute approximate surface area is 122 Å². The lowest BCUT2D eigenvalue weighted by molar-refractivity contribution is 0.0874. The van der Waals surface area contributed by atoms with E-state index in [0.29, 0.717) is 6.54 Å². The van der Waals surface area contributed by atoms with E-state index < -0.39 is 5.60 Å². The second-order valence-corrected chi connectivity index (χ2v) is 5.63. The molecule has 1 heterocycles. The van der Waals surface area contributed by atoms with E-state index in [9.17, 15) is 5.11 Å². The first-order valence-electron chi connectivity index (χ1n) is 7.48. The van der Waals surface area contributed by atoms with Crippen LogP contribution in [0.2, 0.25) is 0 Å². The molecule has 0 unspecified atom stereocenters. The van der Waals surface area contributed by atoms with Crippen LogP contribution >= 0.6 is 0 Å². The van der Waals surface area contributed by atoms with Crippen molar-refractivity contribution in [3.05, 3.63) is 11.9 Å². The summed E-state index contributed by atoms with van der Waals surface area (Å²) >= 11 is 0. The maximum atomic E-state index is 10.0. The van der Waals surface area contributed by atoms with Gasteiger partial charge >= 0.3 is 0 Å². The Kier molecular flexibility index (Phi) is 6.20. The number of anilines is 2. The van der Waals surface area contributed by atoms with Gasteiger partial charge in [0.1, 0.15) is 17.5 Å². The molecule has 0 saturated carbocycles. The third kappa shape index (κ3) is 5.33. The molecule has 0 aliphatic heterocycles. The number of aliphatic hydroxyl groups is 1. The predicted molar refractivity (Wildman–Crippen MR) is 84.4 cm³/mol. The highest BCUT2D eigenvalue weighted by atomic mass is 16.3. The summed E-state index contributed by atoms with van der Waals surface area (Å²) in [5.74, 6) is 2.57. The number of nitrogens with one attached hydrogen (secondary N) is 1. The van der Waals surface area contributed by atoms with Crippen LogP contribution in [0, 0.1) is 0 Å². The Morgan fingerprint density at radius 1 is 1.25 bits per heavy atom. The Bertz CT molecular complexity index is 415. The van der Waals surface area contributed by atoms with E-state index in [4.69, 9.17) is 0 Å². The van der Waals surface area contributed by atoms with Gasteiger partial charge in [0.15, 0.2) is 0 Å². The van der Waals surface area contributed by atoms with Gasteiger partial charge in [0.25, 0.3) is 0 Å². The van der Waals surface area contributed by atoms with Gasteiger partial charge in [-0.2, -0.15) is 0 Å². The average Bonchev–Trinajstić information content (AvgIpc) is 2.41. The number of hydrogen-bond acceptors (Lipinski definition) is 5. The number of rotatable bonds is 8. The van der Waals surface area contributed by atoms with Crippen molar-refractivity contribution in [2.75, 3.05) is 29.9 Å². The van der Waals surface area contributed by atoms with Crippen molar-refractivity contribution in [1.82, 2.24) is 9.97 Å². The molecule has 0 amide bonds. The Morgan fingerprint density at radius 2 is 1.95 bits per heavy atom. The van der Waals surface area contributed by atoms with E-state index in [1.165, 1.54) is 0 Å². The molecule has 0 spiro atoms. The highest BCUT2D eigenvalue weighted by Gasteiger charge is 2.19. The van der Waals surface area contributed by atoms with E-state index in [1.54, 1.807) is 0 Å². The van der Waals surface area contributed by atoms with E-state index in [1.807, 2.05) is 19.9 Å². The molecular formula is C15H28N4O. The molecule has 5 heteroatoms. The van der Waals surface area contributed by atoms with Crippen LogP contribution in [0.5, 0.6) is 0 Å². The van der Waals surface area contributed by atoms with Crippen molar-refractivity contribution in [3.8, 4) is 0 Å². The molecule has 20 heavy (non-hydrogen) atoms. The molecule has 0 bridgehead atoms. The molecule has 0 aliphatic rings. The van der Waals surface area contributed by atoms with Gasteiger partial charge in [0.2, 0.25) is 0 Å². The topological polar surface area (TPSA) is 61.3 Å². The van der Waals surface area contributed by atoms with Crippen LogP contribution in [-0.2, 0) is 6.42 Å². The zero-order chi connectivity index (χ0) is 15.2. The van der Waals surface area contributed by atoms with E-state index in [0.717, 1.165) is 43.4 Å². The summed E-state index contributed by atoms with van der Waals surface area (Å²) in [7, 11) is 0. The normalized spacial score (nSPS) is 11.5. The highest BCUT2D eigenvalue weighted by molar-refractivity contribution is 5.49. The Hall–Kier alpha value is -1.36. The van der Waals surface area contributed by atoms with Crippen LogP contribution < -0.4 is 10.2 Å². The van der Waals surface area contributed by atoms with E-state index >= 15 is 0 Å². The maximum Gasteiger partial charge on any atom is 0.134 e. The summed E-state index contributed by atoms with van der Waals surface area (Å²) in [5, 5.41) is 13.3. The van der Waals surface area contributed by atoms with Crippen molar-refractivity contribution in [2.24, 2.45) is 0 Å². The first kappa shape index (κ1) is 16.7. The van der Waals surface area contributed by atoms with Gasteiger partial charge in [-0.3, -0.25) is 0 Å². The summed E-state index contributed by atoms with van der Waals surface area (Å²) in [6.45, 7) is 12.1. The molecule has 2 N–H and O–H groups in total. The molecule has 0 saturated heterocycles. The average molecular weight is 280 g/mol. The number of nitrogens with zero attached hydrogens (tertiary/aromatic N) is 3. The quantitative estimate of drug-likeness (QED) is 0.766. The molecule has 0 radical (unpaired) electrons. The predicted octanol–water partition coefficient (Wildman–Crippen LogP) is 2.46. The van der Waals surface area contributed by atoms with Gasteiger partial charge in [-0.05, 0) is 27.2 Å². The van der Waals surface area contributed by atoms with Crippen LogP contribution in [0.4, 0.5) is 11.6 Å². The van der Waals surface area contributed by atoms with Gasteiger partial charge in [-0.15, -0.1) is 0 Å². The van der Waals surface area contributed by atoms with Gasteiger partial charge in [-0.25, -0.2) is 9.97 Å². The van der Waals surface area contributed by atoms with Crippen molar-refractivity contribution in [3.63, 3.8) is 0 Å². The Morgan fingerprint density at radius 3 is 2.45 bits per heavy atom. The molecule has 0 atom stereocenters. The largest absolute Gasteiger partial charge is 0.389 e. The lowest BCUT2D eigenvalue weighted by Gasteiger charge is -2.29. The summed E-state index contributed by atoms with van der Waals surface area (Å²) in [6.07, 6.45) is 1.86. The maximum absolute atomic E-state index is 10.0. The fraction of sp³-hybridized carbons (Fsp3) is 0.733. The molecule has 1 rings (SSSR count). The smallest absolute Gasteiger partial charge is 0.134 e. The second kappa shape index (κ2) is 7.43. The third-order valence-corrected chi connectivity index (χ3v) is 2.91. The lowest BCUT2D eigenvalue weighted by Crippen LogP contribution is -2.39. The summed E-state index contributed by atoms with van der Waals surface area (Å²) in [4.78, 5) is 11.2. The van der Waals surface area contributed by atoms with Crippen molar-refractivity contribution in [2.45, 2.75) is 53.1 Å². The Balaban J connectivity index is 3.01. The summed E-state index contributed by atoms with van der Waals surface area (Å²) in [5.41, 5.74) is -0.746. The minimum atomic E-state index is -0.746. The number of likely N-dealkylation sites (N-methyl/N-ethyl adjacent to an activating group) is 1. The molecule has 1 aromatic rings. The number of aryl methyl sites for hydroxylation is 1. The van der Waals surface area contributed by atoms with Gasteiger partial charge < -0.3 is 15.3 Å². The van der Waals surface area contributed by atoms with Gasteiger partial charge in [0.05, 0.1) is 5.60 Å². The van der Waals surface area contributed by atoms with Gasteiger partial charge in [-0.1, -0.05) is 13.8 Å². The van der Waals surface area contributed by atoms with Crippen molar-refractivity contribution >= 4 is 11.6 Å². The SMILES string of the molecule is CCCNc1cc(N(CC)CC(C)(C)O)nc(CC)n1. The van der Waals surface area contributed by atoms with Crippen LogP contribution in [0.1, 0.15) is 46.9 Å². The fourth-order valence-corrected chi connectivity index (χ4v) is 1.97. The molecule has 0 aliphatic carbocycles. The van der Waals surface area contributed by atoms with Crippen molar-refractivity contribution < 1.29 is 5.11 Å². The van der Waals surface area contributed by atoms with E-state index in [2.05, 4.69) is 41.0 Å². The van der Waals surface area contributed by atoms with Crippen LogP contribution in [0.15, 0.2) is 6.07 Å². The fourth-order valence-electron chi connectivity index (χ4n) is 1.97. The number of aromatic nitrogens is 2. The number of hydrogen-bond donors (Lipinski definition) is 2. The minimum absolute atomic E-state index is 0.552. The molecule has 5 nitrogen and oxygen atoms in total.